The Morgan fingerprint density at radius 2 is 1.68 bits per heavy atom. The summed E-state index contributed by atoms with van der Waals surface area (Å²) in [5, 5.41) is 14.2. The van der Waals surface area contributed by atoms with Crippen molar-refractivity contribution in [2.75, 3.05) is 5.32 Å². The SMILES string of the molecule is Cc1ccccc1C(=O)c1ccc(Nc2ccccc2/C=C/C(=O)[O-])cc1Cl. The van der Waals surface area contributed by atoms with E-state index in [-0.39, 0.29) is 5.78 Å². The monoisotopic (exact) mass is 390 g/mol. The van der Waals surface area contributed by atoms with Gasteiger partial charge in [-0.05, 0) is 48.4 Å². The first kappa shape index (κ1) is 19.4. The van der Waals surface area contributed by atoms with E-state index < -0.39 is 5.97 Å². The summed E-state index contributed by atoms with van der Waals surface area (Å²) in [6, 6.07) is 19.7. The number of nitrogens with one attached hydrogen (secondary N) is 1. The van der Waals surface area contributed by atoms with E-state index in [0.717, 1.165) is 11.6 Å². The van der Waals surface area contributed by atoms with Gasteiger partial charge in [0.05, 0.1) is 11.0 Å². The molecule has 4 nitrogen and oxygen atoms in total. The largest absolute Gasteiger partial charge is 0.545 e. The molecule has 0 radical (unpaired) electrons. The molecule has 0 unspecified atom stereocenters. The highest BCUT2D eigenvalue weighted by atomic mass is 35.5. The smallest absolute Gasteiger partial charge is 0.194 e. The Balaban J connectivity index is 1.87. The molecule has 3 rings (SSSR count). The number of para-hydroxylation sites is 1. The molecule has 0 aliphatic carbocycles. The molecule has 0 saturated heterocycles. The van der Waals surface area contributed by atoms with E-state index in [0.29, 0.717) is 33.1 Å². The molecule has 5 heteroatoms. The minimum absolute atomic E-state index is 0.132. The van der Waals surface area contributed by atoms with Gasteiger partial charge in [0.25, 0.3) is 0 Å². The van der Waals surface area contributed by atoms with Crippen LogP contribution < -0.4 is 10.4 Å². The van der Waals surface area contributed by atoms with Gasteiger partial charge in [0.1, 0.15) is 0 Å². The van der Waals surface area contributed by atoms with Gasteiger partial charge in [-0.25, -0.2) is 0 Å². The van der Waals surface area contributed by atoms with Crippen LogP contribution in [-0.4, -0.2) is 11.8 Å². The lowest BCUT2D eigenvalue weighted by atomic mass is 9.99. The summed E-state index contributed by atoms with van der Waals surface area (Å²) in [5.74, 6) is -1.40. The summed E-state index contributed by atoms with van der Waals surface area (Å²) in [6.45, 7) is 1.88. The summed E-state index contributed by atoms with van der Waals surface area (Å²) in [4.78, 5) is 23.4. The number of halogens is 1. The average molecular weight is 391 g/mol. The minimum Gasteiger partial charge on any atom is -0.545 e. The van der Waals surface area contributed by atoms with Crippen LogP contribution in [0.4, 0.5) is 11.4 Å². The van der Waals surface area contributed by atoms with E-state index in [1.54, 1.807) is 36.4 Å². The van der Waals surface area contributed by atoms with Crippen LogP contribution >= 0.6 is 11.6 Å². The molecule has 28 heavy (non-hydrogen) atoms. The molecule has 0 bridgehead atoms. The average Bonchev–Trinajstić information content (AvgIpc) is 2.67. The maximum Gasteiger partial charge on any atom is 0.194 e. The molecule has 3 aromatic rings. The molecule has 0 saturated carbocycles. The van der Waals surface area contributed by atoms with Crippen LogP contribution in [0.3, 0.4) is 0 Å². The maximum atomic E-state index is 12.8. The zero-order valence-corrected chi connectivity index (χ0v) is 15.9. The van der Waals surface area contributed by atoms with Crippen molar-refractivity contribution in [2.45, 2.75) is 6.92 Å². The Kier molecular flexibility index (Phi) is 5.92. The number of hydrogen-bond acceptors (Lipinski definition) is 4. The number of carboxylic acid groups (broad SMARTS) is 1. The number of hydrogen-bond donors (Lipinski definition) is 1. The second kappa shape index (κ2) is 8.55. The quantitative estimate of drug-likeness (QED) is 0.500. The van der Waals surface area contributed by atoms with E-state index >= 15 is 0 Å². The summed E-state index contributed by atoms with van der Waals surface area (Å²) >= 11 is 6.37. The molecule has 0 aliphatic heterocycles. The predicted octanol–water partition coefficient (Wildman–Crippen LogP) is 4.39. The van der Waals surface area contributed by atoms with Crippen molar-refractivity contribution in [3.05, 3.63) is 100 Å². The second-order valence-electron chi connectivity index (χ2n) is 6.20. The number of carbonyl (C=O) groups excluding carboxylic acids is 2. The van der Waals surface area contributed by atoms with Crippen molar-refractivity contribution >= 4 is 40.8 Å². The molecule has 0 spiro atoms. The highest BCUT2D eigenvalue weighted by Crippen LogP contribution is 2.28. The first-order chi connectivity index (χ1) is 13.5. The van der Waals surface area contributed by atoms with E-state index in [2.05, 4.69) is 5.32 Å². The number of carbonyl (C=O) groups is 2. The van der Waals surface area contributed by atoms with Crippen LogP contribution in [0.25, 0.3) is 6.08 Å². The van der Waals surface area contributed by atoms with Gasteiger partial charge in [-0.1, -0.05) is 60.1 Å². The van der Waals surface area contributed by atoms with Crippen molar-refractivity contribution in [2.24, 2.45) is 0 Å². The van der Waals surface area contributed by atoms with E-state index in [9.17, 15) is 14.7 Å². The standard InChI is InChI=1S/C23H18ClNO3/c1-15-6-2-4-8-18(15)23(28)19-12-11-17(14-20(19)24)25-21-9-5-3-7-16(21)10-13-22(26)27/h2-14,25H,1H3,(H,26,27)/p-1/b13-10+. The molecule has 0 atom stereocenters. The van der Waals surface area contributed by atoms with Gasteiger partial charge in [-0.2, -0.15) is 0 Å². The van der Waals surface area contributed by atoms with Crippen LogP contribution in [0.15, 0.2) is 72.8 Å². The molecule has 0 aliphatic rings. The lowest BCUT2D eigenvalue weighted by Crippen LogP contribution is -2.18. The highest BCUT2D eigenvalue weighted by Gasteiger charge is 2.15. The van der Waals surface area contributed by atoms with E-state index in [1.807, 2.05) is 37.3 Å². The van der Waals surface area contributed by atoms with Crippen molar-refractivity contribution in [3.8, 4) is 0 Å². The van der Waals surface area contributed by atoms with Gasteiger partial charge < -0.3 is 15.2 Å². The number of aryl methyl sites for hydroxylation is 1. The Hall–Kier alpha value is -3.37. The Labute approximate surface area is 168 Å². The second-order valence-corrected chi connectivity index (χ2v) is 6.61. The third-order valence-corrected chi connectivity index (χ3v) is 4.55. The van der Waals surface area contributed by atoms with Gasteiger partial charge in [0, 0.05) is 22.5 Å². The highest BCUT2D eigenvalue weighted by molar-refractivity contribution is 6.35. The van der Waals surface area contributed by atoms with Gasteiger partial charge in [0.2, 0.25) is 0 Å². The molecule has 0 amide bonds. The van der Waals surface area contributed by atoms with Crippen molar-refractivity contribution in [1.29, 1.82) is 0 Å². The minimum atomic E-state index is -1.27. The number of anilines is 2. The lowest BCUT2D eigenvalue weighted by Gasteiger charge is -2.12. The molecular formula is C23H17ClNO3-. The van der Waals surface area contributed by atoms with Gasteiger partial charge >= 0.3 is 0 Å². The summed E-state index contributed by atoms with van der Waals surface area (Å²) in [7, 11) is 0. The van der Waals surface area contributed by atoms with E-state index in [1.165, 1.54) is 6.08 Å². The number of benzene rings is 3. The van der Waals surface area contributed by atoms with Gasteiger partial charge in [-0.3, -0.25) is 4.79 Å². The number of carboxylic acids is 1. The topological polar surface area (TPSA) is 69.2 Å². The Morgan fingerprint density at radius 1 is 0.964 bits per heavy atom. The van der Waals surface area contributed by atoms with Crippen LogP contribution in [0.2, 0.25) is 5.02 Å². The molecular weight excluding hydrogens is 374 g/mol. The number of aliphatic carboxylic acids is 1. The zero-order valence-electron chi connectivity index (χ0n) is 15.1. The zero-order chi connectivity index (χ0) is 20.1. The number of ketones is 1. The molecule has 140 valence electrons. The normalized spacial score (nSPS) is 10.8. The fraction of sp³-hybridized carbons (Fsp3) is 0.0435. The van der Waals surface area contributed by atoms with Crippen LogP contribution in [-0.2, 0) is 4.79 Å². The van der Waals surface area contributed by atoms with Crippen molar-refractivity contribution in [1.82, 2.24) is 0 Å². The Morgan fingerprint density at radius 3 is 2.39 bits per heavy atom. The lowest BCUT2D eigenvalue weighted by molar-refractivity contribution is -0.297. The van der Waals surface area contributed by atoms with Crippen LogP contribution in [0.5, 0.6) is 0 Å². The van der Waals surface area contributed by atoms with Crippen LogP contribution in [0, 0.1) is 6.92 Å². The molecule has 0 aromatic heterocycles. The first-order valence-electron chi connectivity index (χ1n) is 8.60. The van der Waals surface area contributed by atoms with Crippen LogP contribution in [0.1, 0.15) is 27.0 Å². The summed E-state index contributed by atoms with van der Waals surface area (Å²) < 4.78 is 0. The fourth-order valence-corrected chi connectivity index (χ4v) is 3.09. The molecule has 3 aromatic carbocycles. The third-order valence-electron chi connectivity index (χ3n) is 4.24. The Bertz CT molecular complexity index is 1070. The summed E-state index contributed by atoms with van der Waals surface area (Å²) in [5.41, 5.74) is 3.99. The van der Waals surface area contributed by atoms with Gasteiger partial charge in [0.15, 0.2) is 5.78 Å². The first-order valence-corrected chi connectivity index (χ1v) is 8.98. The molecule has 0 heterocycles. The molecule has 0 fully saturated rings. The van der Waals surface area contributed by atoms with Crippen molar-refractivity contribution < 1.29 is 14.7 Å². The third kappa shape index (κ3) is 4.48. The maximum absolute atomic E-state index is 12.8. The summed E-state index contributed by atoms with van der Waals surface area (Å²) in [6.07, 6.45) is 2.42. The predicted molar refractivity (Wildman–Crippen MR) is 110 cm³/mol. The van der Waals surface area contributed by atoms with Crippen molar-refractivity contribution in [3.63, 3.8) is 0 Å². The molecule has 1 N–H and O–H groups in total. The fourth-order valence-electron chi connectivity index (χ4n) is 2.82. The number of rotatable bonds is 6. The van der Waals surface area contributed by atoms with Gasteiger partial charge in [-0.15, -0.1) is 0 Å². The van der Waals surface area contributed by atoms with E-state index in [4.69, 9.17) is 11.6 Å².